The summed E-state index contributed by atoms with van der Waals surface area (Å²) in [5.74, 6) is 0.510. The molecule has 0 aliphatic rings. The lowest BCUT2D eigenvalue weighted by atomic mass is 10.2. The van der Waals surface area contributed by atoms with Gasteiger partial charge in [0.05, 0.1) is 21.8 Å². The lowest BCUT2D eigenvalue weighted by molar-refractivity contribution is 0.479. The van der Waals surface area contributed by atoms with Crippen LogP contribution >= 0.6 is 15.9 Å². The average molecular weight is 307 g/mol. The molecule has 0 amide bonds. The smallest absolute Gasteiger partial charge is 0.150 e. The molecule has 3 nitrogen and oxygen atoms in total. The van der Waals surface area contributed by atoms with Crippen LogP contribution in [0.15, 0.2) is 40.9 Å². The van der Waals surface area contributed by atoms with Gasteiger partial charge < -0.3 is 10.5 Å². The molecule has 0 bridgehead atoms. The molecule has 2 aromatic rings. The van der Waals surface area contributed by atoms with Crippen LogP contribution in [0.5, 0.6) is 11.5 Å². The number of nitriles is 1. The third kappa shape index (κ3) is 2.60. The van der Waals surface area contributed by atoms with E-state index >= 15 is 0 Å². The van der Waals surface area contributed by atoms with Crippen molar-refractivity contribution in [3.8, 4) is 17.6 Å². The Morgan fingerprint density at radius 1 is 1.17 bits per heavy atom. The van der Waals surface area contributed by atoms with Crippen LogP contribution in [0.2, 0.25) is 0 Å². The molecule has 0 saturated carbocycles. The maximum atomic E-state index is 12.9. The fourth-order valence-electron chi connectivity index (χ4n) is 1.39. The maximum Gasteiger partial charge on any atom is 0.150 e. The monoisotopic (exact) mass is 306 g/mol. The highest BCUT2D eigenvalue weighted by atomic mass is 79.9. The summed E-state index contributed by atoms with van der Waals surface area (Å²) in [7, 11) is 0. The molecule has 90 valence electrons. The van der Waals surface area contributed by atoms with Crippen molar-refractivity contribution in [2.24, 2.45) is 0 Å². The van der Waals surface area contributed by atoms with Gasteiger partial charge in [0.1, 0.15) is 17.3 Å². The first-order valence-corrected chi connectivity index (χ1v) is 5.82. The number of benzene rings is 2. The van der Waals surface area contributed by atoms with Crippen LogP contribution in [0.3, 0.4) is 0 Å². The number of nitrogens with two attached hydrogens (primary N) is 1. The highest BCUT2D eigenvalue weighted by Crippen LogP contribution is 2.33. The highest BCUT2D eigenvalue weighted by molar-refractivity contribution is 9.10. The van der Waals surface area contributed by atoms with Gasteiger partial charge in [0.15, 0.2) is 0 Å². The largest absolute Gasteiger partial charge is 0.454 e. The summed E-state index contributed by atoms with van der Waals surface area (Å²) in [6.07, 6.45) is 0. The number of halogens is 2. The Labute approximate surface area is 112 Å². The van der Waals surface area contributed by atoms with Gasteiger partial charge in [-0.25, -0.2) is 4.39 Å². The third-order valence-corrected chi connectivity index (χ3v) is 2.87. The molecule has 2 N–H and O–H groups in total. The predicted octanol–water partition coefficient (Wildman–Crippen LogP) is 3.83. The molecule has 2 aromatic carbocycles. The Morgan fingerprint density at radius 2 is 1.89 bits per heavy atom. The summed E-state index contributed by atoms with van der Waals surface area (Å²) in [5.41, 5.74) is 6.57. The van der Waals surface area contributed by atoms with E-state index in [-0.39, 0.29) is 5.82 Å². The third-order valence-electron chi connectivity index (χ3n) is 2.25. The van der Waals surface area contributed by atoms with Gasteiger partial charge in [-0.3, -0.25) is 0 Å². The summed E-state index contributed by atoms with van der Waals surface area (Å²) in [6.45, 7) is 0. The molecule has 0 fully saturated rings. The molecule has 0 unspecified atom stereocenters. The van der Waals surface area contributed by atoms with Crippen LogP contribution < -0.4 is 10.5 Å². The fraction of sp³-hybridized carbons (Fsp3) is 0. The molecule has 0 radical (unpaired) electrons. The van der Waals surface area contributed by atoms with Crippen LogP contribution in [0, 0.1) is 17.1 Å². The topological polar surface area (TPSA) is 59.0 Å². The second kappa shape index (κ2) is 5.07. The maximum absolute atomic E-state index is 12.9. The van der Waals surface area contributed by atoms with Crippen molar-refractivity contribution in [1.82, 2.24) is 0 Å². The van der Waals surface area contributed by atoms with Gasteiger partial charge in [-0.05, 0) is 52.3 Å². The van der Waals surface area contributed by atoms with Gasteiger partial charge in [0.25, 0.3) is 0 Å². The first-order chi connectivity index (χ1) is 8.60. The average Bonchev–Trinajstić information content (AvgIpc) is 2.34. The molecule has 0 heterocycles. The minimum atomic E-state index is -0.359. The van der Waals surface area contributed by atoms with E-state index < -0.39 is 0 Å². The number of anilines is 1. The number of hydrogen-bond acceptors (Lipinski definition) is 3. The van der Waals surface area contributed by atoms with Crippen molar-refractivity contribution in [2.75, 3.05) is 5.73 Å². The van der Waals surface area contributed by atoms with Crippen molar-refractivity contribution in [1.29, 1.82) is 5.26 Å². The van der Waals surface area contributed by atoms with Crippen molar-refractivity contribution in [2.45, 2.75) is 0 Å². The summed E-state index contributed by atoms with van der Waals surface area (Å²) in [6, 6.07) is 10.8. The molecule has 0 saturated heterocycles. The van der Waals surface area contributed by atoms with E-state index in [2.05, 4.69) is 15.9 Å². The van der Waals surface area contributed by atoms with Gasteiger partial charge >= 0.3 is 0 Å². The Bertz CT molecular complexity index is 637. The van der Waals surface area contributed by atoms with E-state index in [1.165, 1.54) is 24.3 Å². The Balaban J connectivity index is 2.32. The summed E-state index contributed by atoms with van der Waals surface area (Å²) in [4.78, 5) is 0. The number of hydrogen-bond donors (Lipinski definition) is 1. The van der Waals surface area contributed by atoms with E-state index in [1.54, 1.807) is 12.1 Å². The lowest BCUT2D eigenvalue weighted by Crippen LogP contribution is -1.93. The lowest BCUT2D eigenvalue weighted by Gasteiger charge is -2.10. The SMILES string of the molecule is N#Cc1ccc(Oc2ccc(F)cc2Br)c(N)c1. The highest BCUT2D eigenvalue weighted by Gasteiger charge is 2.07. The normalized spacial score (nSPS) is 9.83. The zero-order valence-corrected chi connectivity index (χ0v) is 10.7. The van der Waals surface area contributed by atoms with Crippen LogP contribution in [0.25, 0.3) is 0 Å². The van der Waals surface area contributed by atoms with E-state index in [0.717, 1.165) is 0 Å². The molecule has 2 rings (SSSR count). The van der Waals surface area contributed by atoms with Crippen LogP contribution in [0.4, 0.5) is 10.1 Å². The second-order valence-electron chi connectivity index (χ2n) is 3.54. The van der Waals surface area contributed by atoms with Crippen molar-refractivity contribution in [3.05, 3.63) is 52.3 Å². The molecule has 0 aliphatic heterocycles. The number of rotatable bonds is 2. The van der Waals surface area contributed by atoms with Gasteiger partial charge in [-0.2, -0.15) is 5.26 Å². The van der Waals surface area contributed by atoms with E-state index in [9.17, 15) is 4.39 Å². The molecule has 18 heavy (non-hydrogen) atoms. The van der Waals surface area contributed by atoms with Crippen LogP contribution in [0.1, 0.15) is 5.56 Å². The molecule has 0 spiro atoms. The van der Waals surface area contributed by atoms with E-state index in [4.69, 9.17) is 15.7 Å². The predicted molar refractivity (Wildman–Crippen MR) is 69.7 cm³/mol. The molecule has 0 aromatic heterocycles. The molecular weight excluding hydrogens is 299 g/mol. The Morgan fingerprint density at radius 3 is 2.50 bits per heavy atom. The van der Waals surface area contributed by atoms with Gasteiger partial charge in [-0.15, -0.1) is 0 Å². The molecule has 0 aliphatic carbocycles. The summed E-state index contributed by atoms with van der Waals surface area (Å²) < 4.78 is 19.0. The molecular formula is C13H8BrFN2O. The summed E-state index contributed by atoms with van der Waals surface area (Å²) >= 11 is 3.20. The second-order valence-corrected chi connectivity index (χ2v) is 4.40. The Hall–Kier alpha value is -2.06. The number of nitrogens with zero attached hydrogens (tertiary/aromatic N) is 1. The van der Waals surface area contributed by atoms with Crippen molar-refractivity contribution in [3.63, 3.8) is 0 Å². The van der Waals surface area contributed by atoms with Crippen molar-refractivity contribution < 1.29 is 9.13 Å². The number of ether oxygens (including phenoxy) is 1. The zero-order chi connectivity index (χ0) is 13.1. The quantitative estimate of drug-likeness (QED) is 0.858. The van der Waals surface area contributed by atoms with Crippen LogP contribution in [-0.4, -0.2) is 0 Å². The van der Waals surface area contributed by atoms with Crippen molar-refractivity contribution >= 4 is 21.6 Å². The van der Waals surface area contributed by atoms with Gasteiger partial charge in [-0.1, -0.05) is 0 Å². The first-order valence-electron chi connectivity index (χ1n) is 5.02. The first kappa shape index (κ1) is 12.4. The van der Waals surface area contributed by atoms with E-state index in [0.29, 0.717) is 27.2 Å². The minimum absolute atomic E-state index is 0.352. The molecule has 0 atom stereocenters. The standard InChI is InChI=1S/C13H8BrFN2O/c14-10-6-9(15)2-4-12(10)18-13-3-1-8(7-16)5-11(13)17/h1-6H,17H2. The minimum Gasteiger partial charge on any atom is -0.454 e. The number of nitrogen functional groups attached to an aromatic ring is 1. The van der Waals surface area contributed by atoms with Gasteiger partial charge in [0.2, 0.25) is 0 Å². The zero-order valence-electron chi connectivity index (χ0n) is 9.15. The van der Waals surface area contributed by atoms with Crippen LogP contribution in [-0.2, 0) is 0 Å². The van der Waals surface area contributed by atoms with E-state index in [1.807, 2.05) is 6.07 Å². The molecule has 5 heteroatoms. The Kier molecular flexibility index (Phi) is 3.49. The fourth-order valence-corrected chi connectivity index (χ4v) is 1.82. The summed E-state index contributed by atoms with van der Waals surface area (Å²) in [5, 5.41) is 8.72. The van der Waals surface area contributed by atoms with Gasteiger partial charge in [0, 0.05) is 0 Å².